The Bertz CT molecular complexity index is 1220. The topological polar surface area (TPSA) is 103 Å². The number of furan rings is 1. The van der Waals surface area contributed by atoms with E-state index in [0.717, 1.165) is 0 Å². The Morgan fingerprint density at radius 3 is 2.63 bits per heavy atom. The van der Waals surface area contributed by atoms with E-state index in [1.807, 2.05) is 37.3 Å². The van der Waals surface area contributed by atoms with Crippen molar-refractivity contribution in [3.05, 3.63) is 82.2 Å². The summed E-state index contributed by atoms with van der Waals surface area (Å²) in [5.41, 5.74) is 0.579. The molecule has 1 atom stereocenters. The number of ether oxygens (including phenoxy) is 2. The number of hydrogen-bond acceptors (Lipinski definition) is 6. The number of carbonyl (C=O) groups excluding carboxylic acids is 2. The van der Waals surface area contributed by atoms with Gasteiger partial charge in [-0.05, 0) is 31.2 Å². The molecule has 3 heterocycles. The second kappa shape index (κ2) is 10.9. The summed E-state index contributed by atoms with van der Waals surface area (Å²) < 4.78 is 18.0. The minimum Gasteiger partial charge on any atom is -0.496 e. The zero-order chi connectivity index (χ0) is 24.8. The summed E-state index contributed by atoms with van der Waals surface area (Å²) in [6.45, 7) is 3.11. The fourth-order valence-corrected chi connectivity index (χ4v) is 4.21. The highest BCUT2D eigenvalue weighted by molar-refractivity contribution is 5.98. The molecule has 4 rings (SSSR count). The van der Waals surface area contributed by atoms with Crippen molar-refractivity contribution in [1.82, 2.24) is 14.8 Å². The van der Waals surface area contributed by atoms with Gasteiger partial charge in [0.2, 0.25) is 5.91 Å². The van der Waals surface area contributed by atoms with Crippen LogP contribution in [0, 0.1) is 0 Å². The number of aromatic nitrogens is 1. The standard InChI is InChI=1S/C26H29N3O6/c1-18(21-9-6-15-35-21)27-26(32)25-20-10-12-28(13-14-29(20)24(31)17-22(25)33-2)23(30)11-16-34-19-7-4-3-5-8-19/h3-9,15,17-18H,10-14,16H2,1-2H3,(H,27,32). The van der Waals surface area contributed by atoms with Crippen LogP contribution in [0.4, 0.5) is 0 Å². The van der Waals surface area contributed by atoms with E-state index in [1.165, 1.54) is 13.2 Å². The van der Waals surface area contributed by atoms with Crippen LogP contribution >= 0.6 is 0 Å². The summed E-state index contributed by atoms with van der Waals surface area (Å²) in [5.74, 6) is 1.10. The molecule has 0 aliphatic carbocycles. The monoisotopic (exact) mass is 479 g/mol. The van der Waals surface area contributed by atoms with E-state index in [2.05, 4.69) is 5.32 Å². The van der Waals surface area contributed by atoms with Crippen molar-refractivity contribution < 1.29 is 23.5 Å². The third-order valence-corrected chi connectivity index (χ3v) is 6.04. The van der Waals surface area contributed by atoms with Crippen LogP contribution in [-0.2, 0) is 17.8 Å². The lowest BCUT2D eigenvalue weighted by atomic mass is 10.1. The second-order valence-corrected chi connectivity index (χ2v) is 8.28. The quantitative estimate of drug-likeness (QED) is 0.533. The molecule has 0 saturated heterocycles. The van der Waals surface area contributed by atoms with E-state index in [-0.39, 0.29) is 48.7 Å². The number of nitrogens with zero attached hydrogens (tertiary/aromatic N) is 2. The third kappa shape index (κ3) is 5.56. The fraction of sp³-hybridized carbons (Fsp3) is 0.346. The van der Waals surface area contributed by atoms with Crippen molar-refractivity contribution in [1.29, 1.82) is 0 Å². The summed E-state index contributed by atoms with van der Waals surface area (Å²) in [6, 6.07) is 13.8. The third-order valence-electron chi connectivity index (χ3n) is 6.04. The van der Waals surface area contributed by atoms with Gasteiger partial charge < -0.3 is 28.7 Å². The summed E-state index contributed by atoms with van der Waals surface area (Å²) in [7, 11) is 1.43. The van der Waals surface area contributed by atoms with Gasteiger partial charge in [-0.1, -0.05) is 18.2 Å². The van der Waals surface area contributed by atoms with Crippen LogP contribution in [0.2, 0.25) is 0 Å². The average Bonchev–Trinajstić information content (AvgIpc) is 3.31. The molecule has 3 aromatic rings. The lowest BCUT2D eigenvalue weighted by Crippen LogP contribution is -2.35. The Balaban J connectivity index is 1.48. The minimum absolute atomic E-state index is 0.0637. The number of nitrogens with one attached hydrogen (secondary N) is 1. The molecule has 0 radical (unpaired) electrons. The van der Waals surface area contributed by atoms with Crippen LogP contribution < -0.4 is 20.3 Å². The van der Waals surface area contributed by atoms with Crippen LogP contribution in [0.15, 0.2) is 64.0 Å². The maximum atomic E-state index is 13.3. The molecule has 9 heteroatoms. The van der Waals surface area contributed by atoms with Gasteiger partial charge in [0, 0.05) is 37.8 Å². The summed E-state index contributed by atoms with van der Waals surface area (Å²) in [6.07, 6.45) is 2.11. The molecule has 0 bridgehead atoms. The van der Waals surface area contributed by atoms with Crippen LogP contribution in [0.25, 0.3) is 0 Å². The fourth-order valence-electron chi connectivity index (χ4n) is 4.21. The SMILES string of the molecule is COc1cc(=O)n2c(c1C(=O)NC(C)c1ccco1)CCN(C(=O)CCOc1ccccc1)CC2. The smallest absolute Gasteiger partial charge is 0.257 e. The molecular weight excluding hydrogens is 450 g/mol. The normalized spacial score (nSPS) is 13.9. The average molecular weight is 480 g/mol. The highest BCUT2D eigenvalue weighted by Crippen LogP contribution is 2.24. The van der Waals surface area contributed by atoms with E-state index in [0.29, 0.717) is 42.3 Å². The Labute approximate surface area is 203 Å². The van der Waals surface area contributed by atoms with E-state index >= 15 is 0 Å². The van der Waals surface area contributed by atoms with Gasteiger partial charge in [-0.3, -0.25) is 14.4 Å². The number of para-hydroxylation sites is 1. The van der Waals surface area contributed by atoms with Crippen molar-refractivity contribution in [3.63, 3.8) is 0 Å². The van der Waals surface area contributed by atoms with Crippen LogP contribution in [0.1, 0.15) is 41.2 Å². The number of benzene rings is 1. The molecule has 1 aromatic carbocycles. The molecule has 0 spiro atoms. The molecule has 1 unspecified atom stereocenters. The molecule has 2 amide bonds. The zero-order valence-corrected chi connectivity index (χ0v) is 19.9. The predicted molar refractivity (Wildman–Crippen MR) is 129 cm³/mol. The molecular formula is C26H29N3O6. The van der Waals surface area contributed by atoms with Gasteiger partial charge in [-0.25, -0.2) is 0 Å². The van der Waals surface area contributed by atoms with E-state index in [9.17, 15) is 14.4 Å². The van der Waals surface area contributed by atoms with Gasteiger partial charge in [0.05, 0.1) is 32.4 Å². The second-order valence-electron chi connectivity index (χ2n) is 8.28. The largest absolute Gasteiger partial charge is 0.496 e. The summed E-state index contributed by atoms with van der Waals surface area (Å²) >= 11 is 0. The Morgan fingerprint density at radius 2 is 1.91 bits per heavy atom. The highest BCUT2D eigenvalue weighted by atomic mass is 16.5. The van der Waals surface area contributed by atoms with Gasteiger partial charge in [-0.2, -0.15) is 0 Å². The van der Waals surface area contributed by atoms with Crippen LogP contribution in [0.5, 0.6) is 11.5 Å². The lowest BCUT2D eigenvalue weighted by molar-refractivity contribution is -0.131. The number of pyridine rings is 1. The number of fused-ring (bicyclic) bond motifs is 1. The van der Waals surface area contributed by atoms with E-state index in [1.54, 1.807) is 27.9 Å². The van der Waals surface area contributed by atoms with Crippen LogP contribution in [-0.4, -0.2) is 48.1 Å². The Hall–Kier alpha value is -4.01. The molecule has 1 aliphatic rings. The van der Waals surface area contributed by atoms with Gasteiger partial charge in [0.1, 0.15) is 22.8 Å². The first-order valence-electron chi connectivity index (χ1n) is 11.6. The maximum absolute atomic E-state index is 13.3. The number of methoxy groups -OCH3 is 1. The van der Waals surface area contributed by atoms with Gasteiger partial charge in [-0.15, -0.1) is 0 Å². The van der Waals surface area contributed by atoms with Gasteiger partial charge in [0.15, 0.2) is 0 Å². The van der Waals surface area contributed by atoms with Crippen molar-refractivity contribution in [2.24, 2.45) is 0 Å². The first-order valence-corrected chi connectivity index (χ1v) is 11.6. The highest BCUT2D eigenvalue weighted by Gasteiger charge is 2.27. The first-order chi connectivity index (χ1) is 17.0. The van der Waals surface area contributed by atoms with Crippen molar-refractivity contribution in [2.45, 2.75) is 32.4 Å². The Kier molecular flexibility index (Phi) is 7.54. The van der Waals surface area contributed by atoms with Crippen molar-refractivity contribution >= 4 is 11.8 Å². The van der Waals surface area contributed by atoms with E-state index in [4.69, 9.17) is 13.9 Å². The molecule has 0 fully saturated rings. The molecule has 1 aliphatic heterocycles. The van der Waals surface area contributed by atoms with E-state index < -0.39 is 0 Å². The van der Waals surface area contributed by atoms with Crippen molar-refractivity contribution in [3.8, 4) is 11.5 Å². The van der Waals surface area contributed by atoms with Crippen LogP contribution in [0.3, 0.4) is 0 Å². The summed E-state index contributed by atoms with van der Waals surface area (Å²) in [4.78, 5) is 40.6. The van der Waals surface area contributed by atoms with Gasteiger partial charge in [0.25, 0.3) is 11.5 Å². The summed E-state index contributed by atoms with van der Waals surface area (Å²) in [5, 5.41) is 2.92. The number of rotatable bonds is 8. The molecule has 1 N–H and O–H groups in total. The number of carbonyl (C=O) groups is 2. The Morgan fingerprint density at radius 1 is 1.11 bits per heavy atom. The molecule has 35 heavy (non-hydrogen) atoms. The first kappa shape index (κ1) is 24.1. The molecule has 0 saturated carbocycles. The molecule has 2 aromatic heterocycles. The molecule has 184 valence electrons. The maximum Gasteiger partial charge on any atom is 0.257 e. The zero-order valence-electron chi connectivity index (χ0n) is 19.9. The van der Waals surface area contributed by atoms with Gasteiger partial charge >= 0.3 is 0 Å². The number of hydrogen-bond donors (Lipinski definition) is 1. The minimum atomic E-state index is -0.372. The van der Waals surface area contributed by atoms with Crippen molar-refractivity contribution in [2.75, 3.05) is 26.8 Å². The lowest BCUT2D eigenvalue weighted by Gasteiger charge is -2.20. The number of amides is 2. The molecule has 9 nitrogen and oxygen atoms in total. The predicted octanol–water partition coefficient (Wildman–Crippen LogP) is 2.79.